The lowest BCUT2D eigenvalue weighted by Crippen LogP contribution is -2.02. The third-order valence-electron chi connectivity index (χ3n) is 2.14. The molecule has 5 nitrogen and oxygen atoms in total. The first-order chi connectivity index (χ1) is 7.99. The number of unbranched alkanes of at least 4 members (excludes halogenated alkanes) is 1. The molecule has 0 saturated carbocycles. The summed E-state index contributed by atoms with van der Waals surface area (Å²) in [6, 6.07) is 0. The molecule has 0 fully saturated rings. The van der Waals surface area contributed by atoms with Crippen molar-refractivity contribution in [3.8, 4) is 0 Å². The summed E-state index contributed by atoms with van der Waals surface area (Å²) in [6.07, 6.45) is 3.18. The van der Waals surface area contributed by atoms with Crippen LogP contribution in [0.5, 0.6) is 0 Å². The number of Topliss-reactive ketones (excluding diaryl/α,β-unsaturated/α-hetero) is 1. The van der Waals surface area contributed by atoms with Gasteiger partial charge in [0.15, 0.2) is 5.78 Å². The van der Waals surface area contributed by atoms with Crippen molar-refractivity contribution < 1.29 is 19.4 Å². The molecule has 5 heteroatoms. The summed E-state index contributed by atoms with van der Waals surface area (Å²) < 4.78 is 4.50. The normalized spacial score (nSPS) is 12.4. The predicted molar refractivity (Wildman–Crippen MR) is 65.2 cm³/mol. The summed E-state index contributed by atoms with van der Waals surface area (Å²) >= 11 is 0. The lowest BCUT2D eigenvalue weighted by molar-refractivity contribution is -0.140. The summed E-state index contributed by atoms with van der Waals surface area (Å²) in [5.41, 5.74) is 0.220. The number of ether oxygens (including phenoxy) is 1. The second kappa shape index (κ2) is 8.50. The first kappa shape index (κ1) is 15.3. The van der Waals surface area contributed by atoms with Crippen molar-refractivity contribution in [3.63, 3.8) is 0 Å². The van der Waals surface area contributed by atoms with Crippen LogP contribution >= 0.6 is 0 Å². The average molecular weight is 241 g/mol. The van der Waals surface area contributed by atoms with E-state index in [0.717, 1.165) is 6.42 Å². The van der Waals surface area contributed by atoms with Gasteiger partial charge in [-0.2, -0.15) is 0 Å². The molecule has 0 bridgehead atoms. The van der Waals surface area contributed by atoms with Crippen LogP contribution in [0.1, 0.15) is 33.1 Å². The van der Waals surface area contributed by atoms with Crippen LogP contribution < -0.4 is 0 Å². The van der Waals surface area contributed by atoms with E-state index in [1.54, 1.807) is 0 Å². The number of carbonyl (C=O) groups excluding carboxylic acids is 2. The summed E-state index contributed by atoms with van der Waals surface area (Å²) in [7, 11) is 1.36. The van der Waals surface area contributed by atoms with Crippen LogP contribution in [-0.4, -0.2) is 36.7 Å². The van der Waals surface area contributed by atoms with Crippen LogP contribution in [0, 0.1) is 0 Å². The summed E-state index contributed by atoms with van der Waals surface area (Å²) in [4.78, 5) is 25.9. The first-order valence-corrected chi connectivity index (χ1v) is 5.46. The van der Waals surface area contributed by atoms with E-state index in [0.29, 0.717) is 19.4 Å². The van der Waals surface area contributed by atoms with Crippen molar-refractivity contribution in [1.29, 1.82) is 0 Å². The lowest BCUT2D eigenvalue weighted by Gasteiger charge is -1.99. The zero-order valence-corrected chi connectivity index (χ0v) is 10.5. The Balaban J connectivity index is 3.92. The third kappa shape index (κ3) is 7.27. The Morgan fingerprint density at radius 3 is 2.41 bits per heavy atom. The third-order valence-corrected chi connectivity index (χ3v) is 2.14. The maximum absolute atomic E-state index is 11.1. The Bertz CT molecular complexity index is 327. The highest BCUT2D eigenvalue weighted by Gasteiger charge is 2.04. The van der Waals surface area contributed by atoms with Gasteiger partial charge in [0.1, 0.15) is 5.76 Å². The number of aliphatic hydroxyl groups is 1. The molecule has 0 aromatic carbocycles. The molecule has 0 radical (unpaired) electrons. The van der Waals surface area contributed by atoms with Crippen LogP contribution in [0.3, 0.4) is 0 Å². The number of hydrogen-bond acceptors (Lipinski definition) is 5. The van der Waals surface area contributed by atoms with Gasteiger partial charge >= 0.3 is 5.97 Å². The van der Waals surface area contributed by atoms with Gasteiger partial charge in [-0.25, -0.2) is 0 Å². The van der Waals surface area contributed by atoms with Crippen LogP contribution in [0.15, 0.2) is 16.3 Å². The number of rotatable bonds is 7. The first-order valence-electron chi connectivity index (χ1n) is 5.46. The smallest absolute Gasteiger partial charge is 0.305 e. The van der Waals surface area contributed by atoms with Crippen LogP contribution in [0.4, 0.5) is 0 Å². The second-order valence-corrected chi connectivity index (χ2v) is 3.62. The summed E-state index contributed by atoms with van der Waals surface area (Å²) in [6.45, 7) is 3.33. The fourth-order valence-electron chi connectivity index (χ4n) is 1.17. The van der Waals surface area contributed by atoms with Crippen LogP contribution in [0.2, 0.25) is 0 Å². The zero-order valence-electron chi connectivity index (χ0n) is 10.5. The molecule has 1 N–H and O–H groups in total. The molecule has 17 heavy (non-hydrogen) atoms. The van der Waals surface area contributed by atoms with Gasteiger partial charge in [0.05, 0.1) is 12.7 Å². The van der Waals surface area contributed by atoms with E-state index in [1.165, 1.54) is 27.2 Å². The maximum Gasteiger partial charge on any atom is 0.305 e. The molecule has 0 atom stereocenters. The standard InChI is InChI=1S/C12H19NO4/c1-9(14)11(10(2)15)8-13-7-5-4-6-12(16)17-3/h8,14H,4-7H2,1-3H3/b11-9+,13-8?. The SMILES string of the molecule is COC(=O)CCCCN=C/C(C(C)=O)=C(/C)O. The lowest BCUT2D eigenvalue weighted by atomic mass is 10.2. The van der Waals surface area contributed by atoms with Crippen molar-refractivity contribution in [1.82, 2.24) is 0 Å². The van der Waals surface area contributed by atoms with E-state index in [-0.39, 0.29) is 23.1 Å². The summed E-state index contributed by atoms with van der Waals surface area (Å²) in [5, 5.41) is 9.20. The van der Waals surface area contributed by atoms with E-state index < -0.39 is 0 Å². The quantitative estimate of drug-likeness (QED) is 0.242. The Morgan fingerprint density at radius 2 is 1.94 bits per heavy atom. The summed E-state index contributed by atoms with van der Waals surface area (Å²) in [5.74, 6) is -0.483. The molecule has 0 aliphatic heterocycles. The highest BCUT2D eigenvalue weighted by Crippen LogP contribution is 2.01. The monoisotopic (exact) mass is 241 g/mol. The van der Waals surface area contributed by atoms with Crippen LogP contribution in [-0.2, 0) is 14.3 Å². The van der Waals surface area contributed by atoms with Crippen molar-refractivity contribution in [2.75, 3.05) is 13.7 Å². The van der Waals surface area contributed by atoms with Gasteiger partial charge in [0.2, 0.25) is 0 Å². The van der Waals surface area contributed by atoms with Gasteiger partial charge in [-0.3, -0.25) is 14.6 Å². The van der Waals surface area contributed by atoms with Crippen molar-refractivity contribution in [2.45, 2.75) is 33.1 Å². The Labute approximate surface area is 101 Å². The minimum atomic E-state index is -0.232. The molecule has 0 unspecified atom stereocenters. The molecule has 0 amide bonds. The number of hydrogen-bond donors (Lipinski definition) is 1. The minimum absolute atomic E-state index is 0.0317. The number of aliphatic hydroxyl groups excluding tert-OH is 1. The number of nitrogens with zero attached hydrogens (tertiary/aromatic N) is 1. The molecule has 0 aromatic rings. The van der Waals surface area contributed by atoms with Gasteiger partial charge in [-0.1, -0.05) is 0 Å². The van der Waals surface area contributed by atoms with Gasteiger partial charge in [0, 0.05) is 19.2 Å². The van der Waals surface area contributed by atoms with E-state index >= 15 is 0 Å². The predicted octanol–water partition coefficient (Wildman–Crippen LogP) is 1.82. The van der Waals surface area contributed by atoms with Crippen molar-refractivity contribution >= 4 is 18.0 Å². The maximum atomic E-state index is 11.1. The van der Waals surface area contributed by atoms with Gasteiger partial charge in [0.25, 0.3) is 0 Å². The van der Waals surface area contributed by atoms with Gasteiger partial charge in [-0.15, -0.1) is 0 Å². The van der Waals surface area contributed by atoms with Crippen LogP contribution in [0.25, 0.3) is 0 Å². The topological polar surface area (TPSA) is 76.0 Å². The van der Waals surface area contributed by atoms with Crippen molar-refractivity contribution in [2.24, 2.45) is 4.99 Å². The number of methoxy groups -OCH3 is 1. The number of ketones is 1. The van der Waals surface area contributed by atoms with E-state index in [1.807, 2.05) is 0 Å². The molecular formula is C12H19NO4. The van der Waals surface area contributed by atoms with Gasteiger partial charge < -0.3 is 9.84 Å². The largest absolute Gasteiger partial charge is 0.512 e. The van der Waals surface area contributed by atoms with E-state index in [9.17, 15) is 14.7 Å². The van der Waals surface area contributed by atoms with E-state index in [4.69, 9.17) is 0 Å². The number of esters is 1. The fourth-order valence-corrected chi connectivity index (χ4v) is 1.17. The Kier molecular flexibility index (Phi) is 7.67. The molecule has 0 rings (SSSR count). The number of carbonyl (C=O) groups is 2. The van der Waals surface area contributed by atoms with Crippen molar-refractivity contribution in [3.05, 3.63) is 11.3 Å². The fraction of sp³-hybridized carbons (Fsp3) is 0.583. The molecule has 0 heterocycles. The Hall–Kier alpha value is -1.65. The number of allylic oxidation sites excluding steroid dienone is 2. The highest BCUT2D eigenvalue weighted by atomic mass is 16.5. The Morgan fingerprint density at radius 1 is 1.29 bits per heavy atom. The molecule has 96 valence electrons. The van der Waals surface area contributed by atoms with Gasteiger partial charge in [-0.05, 0) is 26.7 Å². The highest BCUT2D eigenvalue weighted by molar-refractivity contribution is 6.12. The minimum Gasteiger partial charge on any atom is -0.512 e. The average Bonchev–Trinajstić information content (AvgIpc) is 2.26. The molecule has 0 spiro atoms. The molecular weight excluding hydrogens is 222 g/mol. The molecule has 0 aromatic heterocycles. The number of aliphatic imine (C=N–C) groups is 1. The molecule has 0 aliphatic rings. The molecule has 0 saturated heterocycles. The molecule has 0 aliphatic carbocycles. The second-order valence-electron chi connectivity index (χ2n) is 3.62. The zero-order chi connectivity index (χ0) is 13.3. The van der Waals surface area contributed by atoms with E-state index in [2.05, 4.69) is 9.73 Å².